The molecule has 0 amide bonds. The average Bonchev–Trinajstić information content (AvgIpc) is 3.09. The van der Waals surface area contributed by atoms with Crippen LogP contribution in [-0.2, 0) is 18.2 Å². The summed E-state index contributed by atoms with van der Waals surface area (Å²) in [7, 11) is 2.06. The van der Waals surface area contributed by atoms with Gasteiger partial charge in [0.25, 0.3) is 0 Å². The Morgan fingerprint density at radius 3 is 2.93 bits per heavy atom. The van der Waals surface area contributed by atoms with Crippen molar-refractivity contribution in [3.63, 3.8) is 0 Å². The zero-order chi connectivity index (χ0) is 18.5. The molecule has 1 aliphatic carbocycles. The predicted octanol–water partition coefficient (Wildman–Crippen LogP) is 2.54. The molecule has 2 aromatic rings. The Labute approximate surface area is 161 Å². The number of aromatic nitrogens is 2. The molecule has 27 heavy (non-hydrogen) atoms. The third-order valence-corrected chi connectivity index (χ3v) is 5.68. The summed E-state index contributed by atoms with van der Waals surface area (Å²) in [6.07, 6.45) is 13.1. The lowest BCUT2D eigenvalue weighted by Crippen LogP contribution is -2.40. The first-order chi connectivity index (χ1) is 13.3. The van der Waals surface area contributed by atoms with Crippen molar-refractivity contribution in [2.24, 2.45) is 13.0 Å². The standard InChI is InChI=1S/C22H30N4O/c1-25-17-24-22-19(7-4-9-21(22)25)16-18-6-2-3-8-20(18)23-10-5-11-26-12-14-27-15-13-26/h2-4,6-9,17-18,20,23H,5,10-16H2,1H3. The van der Waals surface area contributed by atoms with Gasteiger partial charge in [-0.2, -0.15) is 0 Å². The van der Waals surface area contributed by atoms with E-state index >= 15 is 0 Å². The Kier molecular flexibility index (Phi) is 6.02. The van der Waals surface area contributed by atoms with Gasteiger partial charge in [-0.1, -0.05) is 36.4 Å². The van der Waals surface area contributed by atoms with Crippen LogP contribution in [0.4, 0.5) is 0 Å². The SMILES string of the molecule is Cn1cnc2c(CC3C=CC=CC3NCCCN3CCOCC3)cccc21. The molecule has 1 aromatic heterocycles. The number of allylic oxidation sites excluding steroid dienone is 2. The number of rotatable bonds is 7. The fourth-order valence-corrected chi connectivity index (χ4v) is 4.10. The van der Waals surface area contributed by atoms with Gasteiger partial charge in [0.2, 0.25) is 0 Å². The summed E-state index contributed by atoms with van der Waals surface area (Å²) < 4.78 is 7.52. The molecule has 0 radical (unpaired) electrons. The lowest BCUT2D eigenvalue weighted by Gasteiger charge is -2.28. The fourth-order valence-electron chi connectivity index (χ4n) is 4.10. The van der Waals surface area contributed by atoms with Crippen LogP contribution in [0.2, 0.25) is 0 Å². The zero-order valence-corrected chi connectivity index (χ0v) is 16.2. The topological polar surface area (TPSA) is 42.3 Å². The van der Waals surface area contributed by atoms with Gasteiger partial charge in [-0.15, -0.1) is 0 Å². The van der Waals surface area contributed by atoms with Gasteiger partial charge in [-0.3, -0.25) is 4.90 Å². The third kappa shape index (κ3) is 4.49. The minimum atomic E-state index is 0.388. The number of imidazole rings is 1. The number of benzene rings is 1. The second kappa shape index (κ2) is 8.83. The number of para-hydroxylation sites is 1. The van der Waals surface area contributed by atoms with Gasteiger partial charge >= 0.3 is 0 Å². The Hall–Kier alpha value is -1.95. The van der Waals surface area contributed by atoms with Crippen LogP contribution < -0.4 is 5.32 Å². The van der Waals surface area contributed by atoms with E-state index in [0.717, 1.165) is 51.3 Å². The molecule has 4 rings (SSSR count). The van der Waals surface area contributed by atoms with Gasteiger partial charge in [0.15, 0.2) is 0 Å². The van der Waals surface area contributed by atoms with E-state index < -0.39 is 0 Å². The maximum atomic E-state index is 5.42. The van der Waals surface area contributed by atoms with Gasteiger partial charge in [0, 0.05) is 32.1 Å². The number of morpholine rings is 1. The Morgan fingerprint density at radius 2 is 2.04 bits per heavy atom. The van der Waals surface area contributed by atoms with E-state index in [2.05, 4.69) is 69.3 Å². The molecule has 5 nitrogen and oxygen atoms in total. The fraction of sp³-hybridized carbons (Fsp3) is 0.500. The van der Waals surface area contributed by atoms with Crippen molar-refractivity contribution in [3.05, 3.63) is 54.4 Å². The number of ether oxygens (including phenoxy) is 1. The molecule has 0 bridgehead atoms. The summed E-state index contributed by atoms with van der Waals surface area (Å²) in [4.78, 5) is 7.12. The highest BCUT2D eigenvalue weighted by Crippen LogP contribution is 2.23. The second-order valence-corrected chi connectivity index (χ2v) is 7.57. The van der Waals surface area contributed by atoms with Crippen molar-refractivity contribution in [3.8, 4) is 0 Å². The molecule has 2 unspecified atom stereocenters. The van der Waals surface area contributed by atoms with Crippen LogP contribution in [-0.4, -0.2) is 59.9 Å². The smallest absolute Gasteiger partial charge is 0.0955 e. The predicted molar refractivity (Wildman–Crippen MR) is 110 cm³/mol. The first kappa shape index (κ1) is 18.4. The van der Waals surface area contributed by atoms with Crippen molar-refractivity contribution in [1.29, 1.82) is 0 Å². The van der Waals surface area contributed by atoms with Crippen molar-refractivity contribution in [2.45, 2.75) is 18.9 Å². The van der Waals surface area contributed by atoms with Crippen LogP contribution in [0.1, 0.15) is 12.0 Å². The zero-order valence-electron chi connectivity index (χ0n) is 16.2. The van der Waals surface area contributed by atoms with Crippen LogP contribution in [0.15, 0.2) is 48.8 Å². The first-order valence-corrected chi connectivity index (χ1v) is 10.1. The highest BCUT2D eigenvalue weighted by molar-refractivity contribution is 5.79. The van der Waals surface area contributed by atoms with Crippen molar-refractivity contribution >= 4 is 11.0 Å². The Bertz CT molecular complexity index is 804. The number of hydrogen-bond donors (Lipinski definition) is 1. The largest absolute Gasteiger partial charge is 0.379 e. The summed E-state index contributed by atoms with van der Waals surface area (Å²) in [6, 6.07) is 6.89. The molecule has 0 saturated carbocycles. The molecular formula is C22H30N4O. The van der Waals surface area contributed by atoms with Gasteiger partial charge < -0.3 is 14.6 Å². The Morgan fingerprint density at radius 1 is 1.19 bits per heavy atom. The molecule has 1 N–H and O–H groups in total. The number of nitrogens with one attached hydrogen (secondary N) is 1. The molecule has 1 saturated heterocycles. The number of aryl methyl sites for hydroxylation is 1. The molecule has 1 aromatic carbocycles. The molecule has 1 aliphatic heterocycles. The van der Waals surface area contributed by atoms with Crippen LogP contribution in [0.5, 0.6) is 0 Å². The van der Waals surface area contributed by atoms with E-state index in [9.17, 15) is 0 Å². The maximum absolute atomic E-state index is 5.42. The second-order valence-electron chi connectivity index (χ2n) is 7.57. The van der Waals surface area contributed by atoms with Gasteiger partial charge in [-0.05, 0) is 37.6 Å². The van der Waals surface area contributed by atoms with Crippen molar-refractivity contribution < 1.29 is 4.74 Å². The van der Waals surface area contributed by atoms with Crippen molar-refractivity contribution in [1.82, 2.24) is 19.8 Å². The summed E-state index contributed by atoms with van der Waals surface area (Å²) in [5.74, 6) is 0.464. The number of nitrogens with zero attached hydrogens (tertiary/aromatic N) is 3. The number of hydrogen-bond acceptors (Lipinski definition) is 4. The summed E-state index contributed by atoms with van der Waals surface area (Å²) >= 11 is 0. The molecule has 2 aliphatic rings. The monoisotopic (exact) mass is 366 g/mol. The van der Waals surface area contributed by atoms with E-state index in [4.69, 9.17) is 4.74 Å². The number of fused-ring (bicyclic) bond motifs is 1. The molecule has 2 heterocycles. The minimum Gasteiger partial charge on any atom is -0.379 e. The van der Waals surface area contributed by atoms with Gasteiger partial charge in [-0.25, -0.2) is 4.98 Å². The van der Waals surface area contributed by atoms with Crippen LogP contribution in [0, 0.1) is 5.92 Å². The van der Waals surface area contributed by atoms with Gasteiger partial charge in [0.05, 0.1) is 30.6 Å². The Balaban J connectivity index is 1.33. The van der Waals surface area contributed by atoms with E-state index in [1.54, 1.807) is 0 Å². The minimum absolute atomic E-state index is 0.388. The molecule has 0 spiro atoms. The van der Waals surface area contributed by atoms with E-state index in [1.807, 2.05) is 6.33 Å². The third-order valence-electron chi connectivity index (χ3n) is 5.68. The van der Waals surface area contributed by atoms with Crippen molar-refractivity contribution in [2.75, 3.05) is 39.4 Å². The van der Waals surface area contributed by atoms with Crippen LogP contribution in [0.3, 0.4) is 0 Å². The molecule has 1 fully saturated rings. The first-order valence-electron chi connectivity index (χ1n) is 10.1. The van der Waals surface area contributed by atoms with E-state index in [1.165, 1.54) is 17.5 Å². The highest BCUT2D eigenvalue weighted by Gasteiger charge is 2.20. The lowest BCUT2D eigenvalue weighted by molar-refractivity contribution is 0.0374. The van der Waals surface area contributed by atoms with Gasteiger partial charge in [0.1, 0.15) is 0 Å². The average molecular weight is 367 g/mol. The highest BCUT2D eigenvalue weighted by atomic mass is 16.5. The molecule has 144 valence electrons. The van der Waals surface area contributed by atoms with E-state index in [0.29, 0.717) is 12.0 Å². The summed E-state index contributed by atoms with van der Waals surface area (Å²) in [5, 5.41) is 3.76. The normalized spacial score (nSPS) is 23.3. The maximum Gasteiger partial charge on any atom is 0.0955 e. The quantitative estimate of drug-likeness (QED) is 0.765. The lowest BCUT2D eigenvalue weighted by atomic mass is 9.88. The summed E-state index contributed by atoms with van der Waals surface area (Å²) in [6.45, 7) is 6.10. The van der Waals surface area contributed by atoms with Crippen LogP contribution >= 0.6 is 0 Å². The summed E-state index contributed by atoms with van der Waals surface area (Å²) in [5.41, 5.74) is 3.67. The van der Waals surface area contributed by atoms with E-state index in [-0.39, 0.29) is 0 Å². The molecular weight excluding hydrogens is 336 g/mol. The van der Waals surface area contributed by atoms with Crippen LogP contribution in [0.25, 0.3) is 11.0 Å². The molecule has 2 atom stereocenters. The molecule has 5 heteroatoms.